The van der Waals surface area contributed by atoms with E-state index >= 15 is 0 Å². The topological polar surface area (TPSA) is 50.3 Å². The van der Waals surface area contributed by atoms with Crippen molar-refractivity contribution in [2.75, 3.05) is 31.7 Å². The summed E-state index contributed by atoms with van der Waals surface area (Å²) in [6.45, 7) is 3.18. The van der Waals surface area contributed by atoms with Crippen LogP contribution >= 0.6 is 11.6 Å². The van der Waals surface area contributed by atoms with Gasteiger partial charge in [-0.05, 0) is 11.6 Å². The molecule has 1 aliphatic rings. The van der Waals surface area contributed by atoms with Crippen LogP contribution in [0, 0.1) is 0 Å². The Hall–Kier alpha value is -0.910. The average molecular weight is 215 g/mol. The van der Waals surface area contributed by atoms with Gasteiger partial charge in [-0.1, -0.05) is 0 Å². The van der Waals surface area contributed by atoms with Crippen molar-refractivity contribution < 1.29 is 4.74 Å². The third kappa shape index (κ3) is 2.54. The number of anilines is 1. The number of halogens is 1. The summed E-state index contributed by atoms with van der Waals surface area (Å²) in [7, 11) is 0. The largest absolute Gasteiger partial charge is 0.379 e. The molecule has 0 unspecified atom stereocenters. The molecule has 0 amide bonds. The molecule has 0 saturated carbocycles. The van der Waals surface area contributed by atoms with Crippen LogP contribution in [0.4, 0.5) is 5.82 Å². The minimum Gasteiger partial charge on any atom is -0.379 e. The van der Waals surface area contributed by atoms with Crippen molar-refractivity contribution >= 4 is 17.4 Å². The second-order valence-corrected chi connectivity index (χ2v) is 3.26. The maximum absolute atomic E-state index is 5.66. The monoisotopic (exact) mass is 214 g/mol. The van der Waals surface area contributed by atoms with Gasteiger partial charge in [0.2, 0.25) is 5.28 Å². The predicted octanol–water partition coefficient (Wildman–Crippen LogP) is 0.789. The molecule has 0 atom stereocenters. The molecule has 1 N–H and O–H groups in total. The summed E-state index contributed by atoms with van der Waals surface area (Å²) in [5.41, 5.74) is 3.14. The number of rotatable bonds is 2. The first-order chi connectivity index (χ1) is 6.84. The molecule has 1 aliphatic heterocycles. The van der Waals surface area contributed by atoms with Crippen LogP contribution < -0.4 is 5.43 Å². The second kappa shape index (κ2) is 4.54. The number of ether oxygens (including phenoxy) is 1. The average Bonchev–Trinajstić information content (AvgIpc) is 2.19. The molecule has 2 rings (SSSR count). The van der Waals surface area contributed by atoms with Gasteiger partial charge in [-0.25, -0.2) is 9.99 Å². The predicted molar refractivity (Wildman–Crippen MR) is 53.1 cm³/mol. The van der Waals surface area contributed by atoms with E-state index in [9.17, 15) is 0 Å². The Bertz CT molecular complexity index is 303. The van der Waals surface area contributed by atoms with Gasteiger partial charge < -0.3 is 10.2 Å². The molecule has 1 fully saturated rings. The summed E-state index contributed by atoms with van der Waals surface area (Å²) in [5.74, 6) is 0.715. The van der Waals surface area contributed by atoms with Crippen molar-refractivity contribution in [2.45, 2.75) is 0 Å². The molecule has 0 radical (unpaired) electrons. The molecular formula is C8H11ClN4O. The van der Waals surface area contributed by atoms with Gasteiger partial charge in [-0.2, -0.15) is 4.98 Å². The smallest absolute Gasteiger partial charge is 0.224 e. The Labute approximate surface area is 87.0 Å². The van der Waals surface area contributed by atoms with Gasteiger partial charge >= 0.3 is 0 Å². The van der Waals surface area contributed by atoms with Crippen LogP contribution in [0.5, 0.6) is 0 Å². The van der Waals surface area contributed by atoms with E-state index in [1.165, 1.54) is 0 Å². The van der Waals surface area contributed by atoms with Crippen molar-refractivity contribution in [3.8, 4) is 0 Å². The third-order valence-corrected chi connectivity index (χ3v) is 2.09. The van der Waals surface area contributed by atoms with Gasteiger partial charge in [0.05, 0.1) is 13.2 Å². The molecule has 1 aromatic heterocycles. The number of aromatic nitrogens is 2. The summed E-state index contributed by atoms with van der Waals surface area (Å²) >= 11 is 5.66. The lowest BCUT2D eigenvalue weighted by Gasteiger charge is -2.27. The minimum absolute atomic E-state index is 0.253. The first-order valence-corrected chi connectivity index (χ1v) is 4.80. The molecule has 0 bridgehead atoms. The lowest BCUT2D eigenvalue weighted by molar-refractivity contribution is 0.0495. The molecule has 1 saturated heterocycles. The number of hydrogen-bond donors (Lipinski definition) is 1. The van der Waals surface area contributed by atoms with Gasteiger partial charge in [0, 0.05) is 25.4 Å². The highest BCUT2D eigenvalue weighted by atomic mass is 35.5. The number of nitrogens with zero attached hydrogens (tertiary/aromatic N) is 3. The Morgan fingerprint density at radius 3 is 2.93 bits per heavy atom. The van der Waals surface area contributed by atoms with E-state index in [1.807, 2.05) is 5.01 Å². The zero-order chi connectivity index (χ0) is 9.80. The van der Waals surface area contributed by atoms with Crippen LogP contribution in [-0.4, -0.2) is 41.3 Å². The molecule has 76 valence electrons. The zero-order valence-electron chi connectivity index (χ0n) is 7.61. The van der Waals surface area contributed by atoms with E-state index in [0.717, 1.165) is 26.3 Å². The van der Waals surface area contributed by atoms with Crippen LogP contribution in [0.15, 0.2) is 12.3 Å². The SMILES string of the molecule is Clc1nccc(NN2CCOCC2)n1. The highest BCUT2D eigenvalue weighted by molar-refractivity contribution is 6.28. The molecule has 1 aromatic rings. The molecule has 2 heterocycles. The first-order valence-electron chi connectivity index (χ1n) is 4.42. The van der Waals surface area contributed by atoms with Crippen molar-refractivity contribution in [2.24, 2.45) is 0 Å². The summed E-state index contributed by atoms with van der Waals surface area (Å²) in [5, 5.41) is 2.30. The summed E-state index contributed by atoms with van der Waals surface area (Å²) < 4.78 is 5.22. The Morgan fingerprint density at radius 1 is 1.43 bits per heavy atom. The third-order valence-electron chi connectivity index (χ3n) is 1.91. The van der Waals surface area contributed by atoms with E-state index in [4.69, 9.17) is 16.3 Å². The quantitative estimate of drug-likeness (QED) is 0.738. The van der Waals surface area contributed by atoms with E-state index in [2.05, 4.69) is 15.4 Å². The van der Waals surface area contributed by atoms with E-state index in [-0.39, 0.29) is 5.28 Å². The van der Waals surface area contributed by atoms with Gasteiger partial charge in [-0.15, -0.1) is 0 Å². The fourth-order valence-corrected chi connectivity index (χ4v) is 1.38. The standard InChI is InChI=1S/C8H11ClN4O/c9-8-10-2-1-7(11-8)12-13-3-5-14-6-4-13/h1-2H,3-6H2,(H,10,11,12). The summed E-state index contributed by atoms with van der Waals surface area (Å²) in [6, 6.07) is 1.78. The maximum atomic E-state index is 5.66. The molecular weight excluding hydrogens is 204 g/mol. The van der Waals surface area contributed by atoms with Crippen molar-refractivity contribution in [1.29, 1.82) is 0 Å². The number of morpholine rings is 1. The van der Waals surface area contributed by atoms with Gasteiger partial charge in [-0.3, -0.25) is 0 Å². The van der Waals surface area contributed by atoms with Crippen LogP contribution in [0.3, 0.4) is 0 Å². The van der Waals surface area contributed by atoms with Crippen LogP contribution in [0.25, 0.3) is 0 Å². The molecule has 0 spiro atoms. The normalized spacial score (nSPS) is 18.1. The number of nitrogens with one attached hydrogen (secondary N) is 1. The summed E-state index contributed by atoms with van der Waals surface area (Å²) in [6.07, 6.45) is 1.62. The maximum Gasteiger partial charge on any atom is 0.224 e. The van der Waals surface area contributed by atoms with Crippen molar-refractivity contribution in [1.82, 2.24) is 15.0 Å². The van der Waals surface area contributed by atoms with Crippen molar-refractivity contribution in [3.05, 3.63) is 17.5 Å². The van der Waals surface area contributed by atoms with Gasteiger partial charge in [0.15, 0.2) is 0 Å². The Morgan fingerprint density at radius 2 is 2.21 bits per heavy atom. The molecule has 0 aliphatic carbocycles. The number of hydrogen-bond acceptors (Lipinski definition) is 5. The summed E-state index contributed by atoms with van der Waals surface area (Å²) in [4.78, 5) is 7.83. The molecule has 0 aromatic carbocycles. The van der Waals surface area contributed by atoms with Gasteiger partial charge in [0.1, 0.15) is 5.82 Å². The van der Waals surface area contributed by atoms with E-state index in [1.54, 1.807) is 12.3 Å². The van der Waals surface area contributed by atoms with E-state index in [0.29, 0.717) is 5.82 Å². The minimum atomic E-state index is 0.253. The highest BCUT2D eigenvalue weighted by Gasteiger charge is 2.10. The van der Waals surface area contributed by atoms with Gasteiger partial charge in [0.25, 0.3) is 0 Å². The molecule has 14 heavy (non-hydrogen) atoms. The van der Waals surface area contributed by atoms with Crippen LogP contribution in [0.2, 0.25) is 5.28 Å². The van der Waals surface area contributed by atoms with Crippen molar-refractivity contribution in [3.63, 3.8) is 0 Å². The number of hydrazine groups is 1. The first kappa shape index (κ1) is 9.64. The molecule has 5 nitrogen and oxygen atoms in total. The lowest BCUT2D eigenvalue weighted by Crippen LogP contribution is -2.40. The second-order valence-electron chi connectivity index (χ2n) is 2.92. The zero-order valence-corrected chi connectivity index (χ0v) is 8.37. The fraction of sp³-hybridized carbons (Fsp3) is 0.500. The highest BCUT2D eigenvalue weighted by Crippen LogP contribution is 2.07. The molecule has 6 heteroatoms. The lowest BCUT2D eigenvalue weighted by atomic mass is 10.5. The Kier molecular flexibility index (Phi) is 3.13. The van der Waals surface area contributed by atoms with Crippen LogP contribution in [0.1, 0.15) is 0 Å². The van der Waals surface area contributed by atoms with Crippen LogP contribution in [-0.2, 0) is 4.74 Å². The Balaban J connectivity index is 1.95. The van der Waals surface area contributed by atoms with E-state index < -0.39 is 0 Å². The fourth-order valence-electron chi connectivity index (χ4n) is 1.23.